The molecule has 0 fully saturated rings. The number of hydrogen-bond donors (Lipinski definition) is 0. The fraction of sp³-hybridized carbons (Fsp3) is 0.471. The lowest BCUT2D eigenvalue weighted by atomic mass is 9.79. The minimum absolute atomic E-state index is 0.129. The molecule has 2 unspecified atom stereocenters. The van der Waals surface area contributed by atoms with Crippen molar-refractivity contribution in [1.82, 2.24) is 0 Å². The Balaban J connectivity index is 2.38. The van der Waals surface area contributed by atoms with Gasteiger partial charge in [-0.3, -0.25) is 4.79 Å². The first kappa shape index (κ1) is 13.9. The maximum atomic E-state index is 12.0. The molecular formula is C17H22O2. The molecule has 0 aromatic heterocycles. The van der Waals surface area contributed by atoms with Gasteiger partial charge in [-0.25, -0.2) is 0 Å². The summed E-state index contributed by atoms with van der Waals surface area (Å²) in [6, 6.07) is 6.53. The predicted molar refractivity (Wildman–Crippen MR) is 78.0 cm³/mol. The molecule has 2 nitrogen and oxygen atoms in total. The van der Waals surface area contributed by atoms with Gasteiger partial charge in [-0.1, -0.05) is 36.8 Å². The van der Waals surface area contributed by atoms with E-state index in [4.69, 9.17) is 4.74 Å². The number of carbonyl (C=O) groups is 1. The summed E-state index contributed by atoms with van der Waals surface area (Å²) in [4.78, 5) is 12.0. The van der Waals surface area contributed by atoms with Gasteiger partial charge in [0, 0.05) is 0 Å². The lowest BCUT2D eigenvalue weighted by molar-refractivity contribution is -0.145. The highest BCUT2D eigenvalue weighted by molar-refractivity contribution is 5.89. The van der Waals surface area contributed by atoms with E-state index >= 15 is 0 Å². The van der Waals surface area contributed by atoms with Crippen molar-refractivity contribution >= 4 is 11.5 Å². The molecule has 0 radical (unpaired) electrons. The van der Waals surface area contributed by atoms with E-state index in [0.717, 1.165) is 12.0 Å². The fourth-order valence-electron chi connectivity index (χ4n) is 2.69. The van der Waals surface area contributed by atoms with Gasteiger partial charge in [0.05, 0.1) is 12.5 Å². The van der Waals surface area contributed by atoms with E-state index in [1.807, 2.05) is 13.8 Å². The molecule has 2 atom stereocenters. The van der Waals surface area contributed by atoms with Crippen molar-refractivity contribution in [3.05, 3.63) is 41.0 Å². The van der Waals surface area contributed by atoms with Gasteiger partial charge in [0.1, 0.15) is 0 Å². The maximum Gasteiger partial charge on any atom is 0.313 e. The third-order valence-electron chi connectivity index (χ3n) is 3.85. The number of allylic oxidation sites excluding steroid dienone is 1. The molecule has 0 aliphatic heterocycles. The van der Waals surface area contributed by atoms with E-state index < -0.39 is 0 Å². The zero-order valence-corrected chi connectivity index (χ0v) is 12.2. The maximum absolute atomic E-state index is 12.0. The Labute approximate surface area is 115 Å². The first-order valence-corrected chi connectivity index (χ1v) is 7.02. The normalized spacial score (nSPS) is 19.4. The van der Waals surface area contributed by atoms with Crippen LogP contribution in [0.25, 0.3) is 5.57 Å². The third-order valence-corrected chi connectivity index (χ3v) is 3.85. The monoisotopic (exact) mass is 258 g/mol. The molecule has 0 saturated heterocycles. The van der Waals surface area contributed by atoms with Gasteiger partial charge in [0.2, 0.25) is 0 Å². The molecule has 2 heteroatoms. The van der Waals surface area contributed by atoms with Crippen LogP contribution in [0.1, 0.15) is 49.8 Å². The average Bonchev–Trinajstić information content (AvgIpc) is 2.38. The van der Waals surface area contributed by atoms with Crippen LogP contribution in [0, 0.1) is 12.8 Å². The smallest absolute Gasteiger partial charge is 0.313 e. The Morgan fingerprint density at radius 2 is 2.21 bits per heavy atom. The highest BCUT2D eigenvalue weighted by Crippen LogP contribution is 2.38. The third kappa shape index (κ3) is 2.73. The summed E-state index contributed by atoms with van der Waals surface area (Å²) in [6.45, 7) is 8.54. The van der Waals surface area contributed by atoms with E-state index in [1.165, 1.54) is 16.7 Å². The summed E-state index contributed by atoms with van der Waals surface area (Å²) in [5, 5.41) is 0. The highest BCUT2D eigenvalue weighted by atomic mass is 16.5. The molecule has 1 aromatic carbocycles. The first-order chi connectivity index (χ1) is 9.04. The number of benzene rings is 1. The molecule has 0 saturated carbocycles. The second kappa shape index (κ2) is 5.60. The number of fused-ring (bicyclic) bond motifs is 1. The fourth-order valence-corrected chi connectivity index (χ4v) is 2.69. The summed E-state index contributed by atoms with van der Waals surface area (Å²) in [7, 11) is 0. The Morgan fingerprint density at radius 3 is 2.89 bits per heavy atom. The molecular weight excluding hydrogens is 236 g/mol. The predicted octanol–water partition coefficient (Wildman–Crippen LogP) is 4.08. The van der Waals surface area contributed by atoms with Crippen LogP contribution in [-0.4, -0.2) is 12.6 Å². The molecule has 0 bridgehead atoms. The minimum atomic E-state index is -0.187. The molecule has 1 aromatic rings. The molecule has 2 rings (SSSR count). The number of rotatable bonds is 3. The highest BCUT2D eigenvalue weighted by Gasteiger charge is 2.26. The van der Waals surface area contributed by atoms with Gasteiger partial charge < -0.3 is 4.74 Å². The van der Waals surface area contributed by atoms with Gasteiger partial charge >= 0.3 is 5.97 Å². The van der Waals surface area contributed by atoms with Gasteiger partial charge in [-0.2, -0.15) is 0 Å². The summed E-state index contributed by atoms with van der Waals surface area (Å²) in [6.07, 6.45) is 3.20. The Hall–Kier alpha value is -1.57. The van der Waals surface area contributed by atoms with Crippen LogP contribution in [0.5, 0.6) is 0 Å². The molecule has 0 spiro atoms. The number of esters is 1. The topological polar surface area (TPSA) is 26.3 Å². The second-order valence-corrected chi connectivity index (χ2v) is 5.36. The van der Waals surface area contributed by atoms with Crippen LogP contribution in [0.2, 0.25) is 0 Å². The van der Waals surface area contributed by atoms with Crippen LogP contribution < -0.4 is 0 Å². The minimum Gasteiger partial charge on any atom is -0.466 e. The molecule has 0 N–H and O–H groups in total. The van der Waals surface area contributed by atoms with Crippen LogP contribution in [0.4, 0.5) is 0 Å². The summed E-state index contributed by atoms with van der Waals surface area (Å²) < 4.78 is 5.15. The zero-order chi connectivity index (χ0) is 14.0. The molecule has 102 valence electrons. The SMILES string of the molecule is CCOC(=O)C(C)C1=CCC(C)c2ccc(C)cc21. The van der Waals surface area contributed by atoms with Crippen molar-refractivity contribution in [1.29, 1.82) is 0 Å². The zero-order valence-electron chi connectivity index (χ0n) is 12.2. The van der Waals surface area contributed by atoms with E-state index in [9.17, 15) is 4.79 Å². The second-order valence-electron chi connectivity index (χ2n) is 5.36. The van der Waals surface area contributed by atoms with Crippen molar-refractivity contribution in [2.45, 2.75) is 40.0 Å². The lowest BCUT2D eigenvalue weighted by Gasteiger charge is -2.26. The summed E-state index contributed by atoms with van der Waals surface area (Å²) in [5.41, 5.74) is 4.92. The Morgan fingerprint density at radius 1 is 1.47 bits per heavy atom. The van der Waals surface area contributed by atoms with Crippen molar-refractivity contribution in [3.8, 4) is 0 Å². The van der Waals surface area contributed by atoms with Crippen LogP contribution in [0.3, 0.4) is 0 Å². The van der Waals surface area contributed by atoms with Gasteiger partial charge in [0.15, 0.2) is 0 Å². The average molecular weight is 258 g/mol. The van der Waals surface area contributed by atoms with Crippen molar-refractivity contribution < 1.29 is 9.53 Å². The summed E-state index contributed by atoms with van der Waals surface area (Å²) in [5.74, 6) is 0.206. The van der Waals surface area contributed by atoms with E-state index in [1.54, 1.807) is 0 Å². The molecule has 1 aliphatic carbocycles. The number of hydrogen-bond acceptors (Lipinski definition) is 2. The Bertz CT molecular complexity index is 514. The van der Waals surface area contributed by atoms with E-state index in [2.05, 4.69) is 38.1 Å². The molecule has 19 heavy (non-hydrogen) atoms. The van der Waals surface area contributed by atoms with Crippen LogP contribution >= 0.6 is 0 Å². The van der Waals surface area contributed by atoms with Gasteiger partial charge in [-0.15, -0.1) is 0 Å². The quantitative estimate of drug-likeness (QED) is 0.763. The molecule has 1 aliphatic rings. The molecule has 0 heterocycles. The number of carbonyl (C=O) groups excluding carboxylic acids is 1. The lowest BCUT2D eigenvalue weighted by Crippen LogP contribution is -2.19. The number of aryl methyl sites for hydroxylation is 1. The largest absolute Gasteiger partial charge is 0.466 e. The summed E-state index contributed by atoms with van der Waals surface area (Å²) >= 11 is 0. The van der Waals surface area contributed by atoms with E-state index in [-0.39, 0.29) is 11.9 Å². The van der Waals surface area contributed by atoms with Crippen LogP contribution in [0.15, 0.2) is 24.3 Å². The first-order valence-electron chi connectivity index (χ1n) is 7.02. The Kier molecular flexibility index (Phi) is 4.08. The van der Waals surface area contributed by atoms with Crippen molar-refractivity contribution in [3.63, 3.8) is 0 Å². The van der Waals surface area contributed by atoms with Crippen molar-refractivity contribution in [2.75, 3.05) is 6.61 Å². The number of ether oxygens (including phenoxy) is 1. The molecule has 0 amide bonds. The standard InChI is InChI=1S/C17H22O2/c1-5-19-17(18)13(4)15-9-7-12(3)14-8-6-11(2)10-16(14)15/h6,8-10,12-13H,5,7H2,1-4H3. The van der Waals surface area contributed by atoms with Gasteiger partial charge in [0.25, 0.3) is 0 Å². The van der Waals surface area contributed by atoms with E-state index in [0.29, 0.717) is 12.5 Å². The van der Waals surface area contributed by atoms with Crippen LogP contribution in [-0.2, 0) is 9.53 Å². The van der Waals surface area contributed by atoms with Gasteiger partial charge in [-0.05, 0) is 49.8 Å². The van der Waals surface area contributed by atoms with Crippen molar-refractivity contribution in [2.24, 2.45) is 5.92 Å².